The molecule has 16 rings (SSSR count). The first kappa shape index (κ1) is 70.1. The number of benzene rings is 3. The number of hydrogen-bond donors (Lipinski definition) is 3. The maximum absolute atomic E-state index is 14.5. The number of H-pyrrole nitrogens is 1. The van der Waals surface area contributed by atoms with E-state index in [0.717, 1.165) is 158 Å². The average Bonchev–Trinajstić information content (AvgIpc) is 1.65. The van der Waals surface area contributed by atoms with Gasteiger partial charge in [-0.3, -0.25) is 25.1 Å². The van der Waals surface area contributed by atoms with Crippen LogP contribution in [0, 0.1) is 11.6 Å². The van der Waals surface area contributed by atoms with Gasteiger partial charge in [-0.05, 0) is 112 Å². The first-order valence-electron chi connectivity index (χ1n) is 32.8. The van der Waals surface area contributed by atoms with Crippen LogP contribution < -0.4 is 45.4 Å². The third-order valence-electron chi connectivity index (χ3n) is 16.8. The predicted molar refractivity (Wildman–Crippen MR) is 393 cm³/mol. The average molecular weight is 1490 g/mol. The van der Waals surface area contributed by atoms with Crippen LogP contribution in [0.15, 0.2) is 106 Å². The molecular weight excluding hydrogens is 1420 g/mol. The molecule has 3 aromatic carbocycles. The van der Waals surface area contributed by atoms with Gasteiger partial charge in [0.2, 0.25) is 0 Å². The maximum atomic E-state index is 14.5. The van der Waals surface area contributed by atoms with Crippen LogP contribution in [0.25, 0.3) is 11.0 Å². The summed E-state index contributed by atoms with van der Waals surface area (Å²) >= 11 is 8.73. The number of fused-ring (bicyclic) bond motifs is 5. The summed E-state index contributed by atoms with van der Waals surface area (Å²) in [6.07, 6.45) is 9.89. The Morgan fingerprint density at radius 3 is 1.52 bits per heavy atom. The molecule has 31 heteroatoms. The second kappa shape index (κ2) is 31.6. The highest BCUT2D eigenvalue weighted by Crippen LogP contribution is 2.36. The summed E-state index contributed by atoms with van der Waals surface area (Å²) < 4.78 is 51.5. The van der Waals surface area contributed by atoms with Crippen molar-refractivity contribution in [2.24, 2.45) is 20.0 Å². The zero-order valence-corrected chi connectivity index (χ0v) is 59.7. The molecule has 0 atom stereocenters. The number of ether oxygens (including phenoxy) is 4. The Bertz CT molecular complexity index is 4570. The largest absolute Gasteiger partial charge is 0.488 e. The van der Waals surface area contributed by atoms with Gasteiger partial charge in [0.1, 0.15) is 69.8 Å². The van der Waals surface area contributed by atoms with Crippen molar-refractivity contribution in [3.05, 3.63) is 165 Å². The van der Waals surface area contributed by atoms with Crippen LogP contribution in [0.5, 0.6) is 11.5 Å². The highest BCUT2D eigenvalue weighted by atomic mass is 127. The molecule has 0 spiro atoms. The van der Waals surface area contributed by atoms with E-state index in [1.807, 2.05) is 96.0 Å². The Morgan fingerprint density at radius 2 is 0.960 bits per heavy atom. The molecule has 5 N–H and O–H groups in total. The Morgan fingerprint density at radius 1 is 0.510 bits per heavy atom. The number of halogens is 4. The van der Waals surface area contributed by atoms with E-state index in [2.05, 4.69) is 117 Å². The first-order chi connectivity index (χ1) is 48.4. The lowest BCUT2D eigenvalue weighted by molar-refractivity contribution is 0.122. The Labute approximate surface area is 595 Å². The minimum absolute atomic E-state index is 0.0753. The first-order valence-corrected chi connectivity index (χ1v) is 34.2. The molecule has 0 unspecified atom stereocenters. The van der Waals surface area contributed by atoms with Gasteiger partial charge < -0.3 is 54.9 Å². The highest BCUT2D eigenvalue weighted by molar-refractivity contribution is 14.1. The van der Waals surface area contributed by atoms with Crippen LogP contribution in [0.3, 0.4) is 0 Å². The van der Waals surface area contributed by atoms with Gasteiger partial charge >= 0.3 is 0 Å². The summed E-state index contributed by atoms with van der Waals surface area (Å²) in [5.74, 6) is 4.14. The van der Waals surface area contributed by atoms with Crippen molar-refractivity contribution >= 4 is 107 Å². The molecule has 0 bridgehead atoms. The van der Waals surface area contributed by atoms with Gasteiger partial charge in [-0.15, -0.1) is 0 Å². The zero-order chi connectivity index (χ0) is 70.1. The lowest BCUT2D eigenvalue weighted by Gasteiger charge is -2.29. The molecule has 7 aliphatic rings. The fourth-order valence-electron chi connectivity index (χ4n) is 12.2. The van der Waals surface area contributed by atoms with E-state index in [0.29, 0.717) is 72.8 Å². The monoisotopic (exact) mass is 1490 g/mol. The minimum Gasteiger partial charge on any atom is -0.488 e. The molecular formula is C69H77ClF2IN23O4. The number of hydrogen-bond acceptors (Lipinski definition) is 26. The Balaban J connectivity index is 0.000000121. The number of nitrogens with one attached hydrogen (secondary N) is 1. The van der Waals surface area contributed by atoms with E-state index < -0.39 is 11.6 Å². The van der Waals surface area contributed by atoms with Gasteiger partial charge in [0.25, 0.3) is 0 Å². The van der Waals surface area contributed by atoms with E-state index in [-0.39, 0.29) is 23.7 Å². The third kappa shape index (κ3) is 15.6. The summed E-state index contributed by atoms with van der Waals surface area (Å²) in [5.41, 5.74) is 25.5. The second-order valence-electron chi connectivity index (χ2n) is 24.7. The van der Waals surface area contributed by atoms with E-state index >= 15 is 0 Å². The number of nitrogen functional groups attached to an aromatic ring is 2. The fourth-order valence-corrected chi connectivity index (χ4v) is 13.2. The molecule has 6 aromatic heterocycles. The van der Waals surface area contributed by atoms with Gasteiger partial charge in [-0.2, -0.15) is 5.10 Å². The van der Waals surface area contributed by atoms with Crippen molar-refractivity contribution in [3.8, 4) is 11.5 Å². The number of anilines is 7. The lowest BCUT2D eigenvalue weighted by Crippen LogP contribution is -2.37. The molecule has 0 radical (unpaired) electrons. The van der Waals surface area contributed by atoms with Crippen molar-refractivity contribution in [2.75, 3.05) is 130 Å². The molecule has 27 nitrogen and oxygen atoms in total. The number of nitrogens with two attached hydrogens (primary N) is 2. The van der Waals surface area contributed by atoms with Crippen molar-refractivity contribution < 1.29 is 27.7 Å². The standard InChI is InChI=1S/C19H21FN4O2.C17H19FN4O.C16H16ClN5O.C9H12N6.C8H9IN4/c1-12(2)26-16-4-3-13(9-14(16)20)18-17-15(10-21-18)22-11-23-19(17)24-5-7-25-8-6-24;1-10(2)23-14-6-5-11(7-12(14)18)16-15-13(8-19-16)20-9-21-17(15)22(3)4;17-11-7-10(1-2-13(11)22-3-5-23-6-4-22)15-14-12(8-19-15)20-9-21-16(14)18;10-7-6-8(12-5-11-7)13-14-9(6)15-3-1-2-4-15;1-13(2)8-6-5(11-4-12-8)3-10-7(6)9/h3-4,9,11-12H,5-8,10H2,1-2H3;5-7,9-10H,8H2,1-4H3;1-2,7,9H,3-6,8H2,(H2,18,20,21);5H,1-4H2,(H3,10,11,12,13,14);4H,3H2,1-2H3. The van der Waals surface area contributed by atoms with Gasteiger partial charge in [-0.1, -0.05) is 17.7 Å². The van der Waals surface area contributed by atoms with Crippen LogP contribution in [-0.2, 0) is 35.7 Å². The number of nitrogens with zero attached hydrogens (tertiary/aromatic N) is 20. The van der Waals surface area contributed by atoms with Crippen molar-refractivity contribution in [2.45, 2.75) is 78.9 Å². The number of aromatic amines is 1. The van der Waals surface area contributed by atoms with Crippen LogP contribution >= 0.6 is 34.2 Å². The topological polar surface area (TPSA) is 312 Å². The highest BCUT2D eigenvalue weighted by Gasteiger charge is 2.30. The Hall–Kier alpha value is -9.79. The third-order valence-corrected chi connectivity index (χ3v) is 17.9. The van der Waals surface area contributed by atoms with Gasteiger partial charge in [0, 0.05) is 84.1 Å². The van der Waals surface area contributed by atoms with Gasteiger partial charge in [0.15, 0.2) is 34.6 Å². The van der Waals surface area contributed by atoms with E-state index in [1.165, 1.54) is 44.0 Å². The normalized spacial score (nSPS) is 15.5. The lowest BCUT2D eigenvalue weighted by atomic mass is 10.0. The number of aromatic nitrogens is 12. The molecule has 3 saturated heterocycles. The zero-order valence-electron chi connectivity index (χ0n) is 56.8. The molecule has 0 aliphatic carbocycles. The fraction of sp³-hybridized carbons (Fsp3) is 0.377. The van der Waals surface area contributed by atoms with Gasteiger partial charge in [0.05, 0.1) is 138 Å². The summed E-state index contributed by atoms with van der Waals surface area (Å²) in [5, 5.41) is 8.69. The van der Waals surface area contributed by atoms with E-state index in [4.69, 9.17) is 42.0 Å². The van der Waals surface area contributed by atoms with Crippen molar-refractivity contribution in [3.63, 3.8) is 0 Å². The molecule has 100 heavy (non-hydrogen) atoms. The summed E-state index contributed by atoms with van der Waals surface area (Å²) in [4.78, 5) is 70.8. The Kier molecular flexibility index (Phi) is 22.1. The minimum atomic E-state index is -0.393. The number of aliphatic imine (C=N–C) groups is 4. The molecule has 3 fully saturated rings. The molecule has 520 valence electrons. The van der Waals surface area contributed by atoms with Crippen molar-refractivity contribution in [1.29, 1.82) is 0 Å². The van der Waals surface area contributed by atoms with E-state index in [9.17, 15) is 8.78 Å². The number of rotatable bonds is 12. The van der Waals surface area contributed by atoms with Crippen LogP contribution in [0.2, 0.25) is 5.02 Å². The molecule has 0 saturated carbocycles. The quantitative estimate of drug-likeness (QED) is 0.0960. The van der Waals surface area contributed by atoms with Crippen molar-refractivity contribution in [1.82, 2.24) is 60.0 Å². The van der Waals surface area contributed by atoms with Crippen LogP contribution in [-0.4, -0.2) is 187 Å². The molecule has 9 aromatic rings. The molecule has 0 amide bonds. The summed E-state index contributed by atoms with van der Waals surface area (Å²) in [6.45, 7) is 17.8. The SMILES string of the molecule is CC(C)Oc1ccc(C2=NCc3ncnc(N(C)C)c32)cc1F.CC(C)Oc1ccc(C2=NCc3ncnc(N4CCOCC4)c32)cc1F.CN(C)c1ncnc2c1C(I)=NC2.Nc1ncnc2[nH]nc(N3CCCC3)c12.Nc1ncnc2c1C(c1ccc(N3CCOCC3)c(Cl)c1)=NC2. The molecule has 13 heterocycles. The van der Waals surface area contributed by atoms with E-state index in [1.54, 1.807) is 24.8 Å². The molecule has 7 aliphatic heterocycles. The van der Waals surface area contributed by atoms with Crippen LogP contribution in [0.4, 0.5) is 49.4 Å². The smallest absolute Gasteiger partial charge is 0.165 e. The maximum Gasteiger partial charge on any atom is 0.165 e. The number of morpholine rings is 2. The second-order valence-corrected chi connectivity index (χ2v) is 26.2. The van der Waals surface area contributed by atoms with Crippen LogP contribution in [0.1, 0.15) is 102 Å². The predicted octanol–water partition coefficient (Wildman–Crippen LogP) is 9.08. The summed E-state index contributed by atoms with van der Waals surface area (Å²) in [7, 11) is 7.78. The summed E-state index contributed by atoms with van der Waals surface area (Å²) in [6, 6.07) is 15.9. The van der Waals surface area contributed by atoms with Gasteiger partial charge in [-0.25, -0.2) is 58.6 Å².